The molecule has 1 aliphatic heterocycles. The Morgan fingerprint density at radius 1 is 1.04 bits per heavy atom. The van der Waals surface area contributed by atoms with Gasteiger partial charge in [0.15, 0.2) is 0 Å². The van der Waals surface area contributed by atoms with Crippen molar-refractivity contribution in [2.24, 2.45) is 5.92 Å². The number of aliphatic hydroxyl groups is 1. The highest BCUT2D eigenvalue weighted by Crippen LogP contribution is 2.29. The molecule has 0 spiro atoms. The molecule has 0 saturated carbocycles. The van der Waals surface area contributed by atoms with Crippen LogP contribution in [0.1, 0.15) is 56.0 Å². The number of sulfonamides is 1. The summed E-state index contributed by atoms with van der Waals surface area (Å²) in [5.74, 6) is -0.881. The second kappa shape index (κ2) is 17.1. The summed E-state index contributed by atoms with van der Waals surface area (Å²) >= 11 is 0. The number of likely N-dealkylation sites (N-methyl/N-ethyl adjacent to an activating group) is 1. The number of ether oxygens (including phenoxy) is 2. The predicted octanol–water partition coefficient (Wildman–Crippen LogP) is 5.89. The van der Waals surface area contributed by atoms with Gasteiger partial charge < -0.3 is 30.1 Å². The van der Waals surface area contributed by atoms with E-state index in [0.717, 1.165) is 18.4 Å². The van der Waals surface area contributed by atoms with Crippen molar-refractivity contribution in [2.75, 3.05) is 44.0 Å². The van der Waals surface area contributed by atoms with Gasteiger partial charge in [0.1, 0.15) is 11.6 Å². The number of benzene rings is 3. The van der Waals surface area contributed by atoms with Crippen LogP contribution in [-0.2, 0) is 14.8 Å². The van der Waals surface area contributed by atoms with Crippen molar-refractivity contribution >= 4 is 33.3 Å². The van der Waals surface area contributed by atoms with E-state index in [1.165, 1.54) is 46.6 Å². The van der Waals surface area contributed by atoms with Crippen LogP contribution in [0.5, 0.6) is 5.75 Å². The Balaban J connectivity index is 1.62. The SMILES string of the molecule is Cc1ccc(S(=O)(=O)N(C)C[C@H]2OCCCC[C@@H](C)Oc3ccc(NC(=O)Nc4ccc(F)cc4)cc3C(=O)N([C@@H](C)CO)C[C@@H]2C)cc1. The normalized spacial score (nSPS) is 20.1. The summed E-state index contributed by atoms with van der Waals surface area (Å²) in [5.41, 5.74) is 1.84. The van der Waals surface area contributed by atoms with Gasteiger partial charge in [0.05, 0.1) is 35.3 Å². The van der Waals surface area contributed by atoms with E-state index in [9.17, 15) is 27.5 Å². The standard InChI is InChI=1S/C36H47FN4O7S/c1-24-9-16-31(17-10-24)49(45,46)40(5)22-34-25(2)21-41(26(3)23-42)35(43)32-20-30(39-36(44)38-29-13-11-28(37)12-14-29)15-18-33(32)48-27(4)8-6-7-19-47-34/h9-18,20,25-27,34,42H,6-8,19,21-23H2,1-5H3,(H2,38,39,44)/t25-,26-,27+,34+/m0/s1. The molecule has 4 atom stereocenters. The largest absolute Gasteiger partial charge is 0.490 e. The molecule has 49 heavy (non-hydrogen) atoms. The van der Waals surface area contributed by atoms with Gasteiger partial charge in [-0.05, 0) is 94.6 Å². The molecule has 3 N–H and O–H groups in total. The van der Waals surface area contributed by atoms with E-state index in [4.69, 9.17) is 9.47 Å². The molecule has 0 aromatic heterocycles. The van der Waals surface area contributed by atoms with Gasteiger partial charge in [0.2, 0.25) is 10.0 Å². The summed E-state index contributed by atoms with van der Waals surface area (Å²) in [4.78, 5) is 28.8. The van der Waals surface area contributed by atoms with Gasteiger partial charge in [0, 0.05) is 44.0 Å². The van der Waals surface area contributed by atoms with Crippen LogP contribution in [0.2, 0.25) is 0 Å². The van der Waals surface area contributed by atoms with Gasteiger partial charge in [-0.1, -0.05) is 24.6 Å². The molecular weight excluding hydrogens is 651 g/mol. The van der Waals surface area contributed by atoms with Crippen molar-refractivity contribution in [2.45, 2.75) is 70.1 Å². The third-order valence-corrected chi connectivity index (χ3v) is 10.4. The molecule has 11 nitrogen and oxygen atoms in total. The van der Waals surface area contributed by atoms with Gasteiger partial charge in [-0.15, -0.1) is 0 Å². The first-order valence-corrected chi connectivity index (χ1v) is 17.9. The maximum atomic E-state index is 14.3. The van der Waals surface area contributed by atoms with Gasteiger partial charge in [-0.25, -0.2) is 17.6 Å². The number of nitrogens with zero attached hydrogens (tertiary/aromatic N) is 2. The number of nitrogens with one attached hydrogen (secondary N) is 2. The van der Waals surface area contributed by atoms with E-state index in [-0.39, 0.29) is 42.2 Å². The molecule has 3 aromatic rings. The van der Waals surface area contributed by atoms with E-state index in [1.54, 1.807) is 43.3 Å². The van der Waals surface area contributed by atoms with Crippen LogP contribution >= 0.6 is 0 Å². The third kappa shape index (κ3) is 10.2. The minimum absolute atomic E-state index is 0.0558. The fourth-order valence-electron chi connectivity index (χ4n) is 5.53. The number of fused-ring (bicyclic) bond motifs is 1. The molecule has 3 aromatic carbocycles. The Kier molecular flexibility index (Phi) is 13.2. The third-order valence-electron chi connectivity index (χ3n) is 8.58. The highest BCUT2D eigenvalue weighted by atomic mass is 32.2. The van der Waals surface area contributed by atoms with Crippen LogP contribution in [-0.4, -0.2) is 86.3 Å². The number of rotatable bonds is 8. The second-order valence-corrected chi connectivity index (χ2v) is 14.7. The second-order valence-electron chi connectivity index (χ2n) is 12.7. The Bertz CT molecular complexity index is 1670. The number of aliphatic hydroxyl groups excluding tert-OH is 1. The first-order chi connectivity index (χ1) is 23.3. The first kappa shape index (κ1) is 37.8. The predicted molar refractivity (Wildman–Crippen MR) is 187 cm³/mol. The molecular formula is C36H47FN4O7S. The van der Waals surface area contributed by atoms with Crippen molar-refractivity contribution in [3.8, 4) is 5.75 Å². The number of halogens is 1. The van der Waals surface area contributed by atoms with Crippen molar-refractivity contribution in [1.29, 1.82) is 0 Å². The highest BCUT2D eigenvalue weighted by molar-refractivity contribution is 7.89. The van der Waals surface area contributed by atoms with Crippen molar-refractivity contribution in [3.05, 3.63) is 83.7 Å². The van der Waals surface area contributed by atoms with Crippen LogP contribution in [0.3, 0.4) is 0 Å². The summed E-state index contributed by atoms with van der Waals surface area (Å²) in [7, 11) is -2.29. The maximum Gasteiger partial charge on any atom is 0.323 e. The number of aryl methyl sites for hydroxylation is 1. The topological polar surface area (TPSA) is 138 Å². The van der Waals surface area contributed by atoms with Gasteiger partial charge in [-0.3, -0.25) is 4.79 Å². The van der Waals surface area contributed by atoms with E-state index >= 15 is 0 Å². The minimum Gasteiger partial charge on any atom is -0.490 e. The lowest BCUT2D eigenvalue weighted by molar-refractivity contribution is -0.00833. The lowest BCUT2D eigenvalue weighted by Gasteiger charge is -2.35. The zero-order valence-corrected chi connectivity index (χ0v) is 29.5. The Morgan fingerprint density at radius 3 is 2.37 bits per heavy atom. The van der Waals surface area contributed by atoms with Crippen molar-refractivity contribution in [3.63, 3.8) is 0 Å². The van der Waals surface area contributed by atoms with Crippen LogP contribution < -0.4 is 15.4 Å². The zero-order valence-electron chi connectivity index (χ0n) is 28.7. The molecule has 3 amide bonds. The lowest BCUT2D eigenvalue weighted by atomic mass is 10.0. The number of hydrogen-bond donors (Lipinski definition) is 3. The quantitative estimate of drug-likeness (QED) is 0.267. The fraction of sp³-hybridized carbons (Fsp3) is 0.444. The molecule has 0 fully saturated rings. The number of amides is 3. The maximum absolute atomic E-state index is 14.3. The van der Waals surface area contributed by atoms with Gasteiger partial charge in [-0.2, -0.15) is 4.31 Å². The Hall–Kier alpha value is -4.04. The monoisotopic (exact) mass is 698 g/mol. The Morgan fingerprint density at radius 2 is 1.69 bits per heavy atom. The van der Waals surface area contributed by atoms with E-state index in [0.29, 0.717) is 30.2 Å². The average Bonchev–Trinajstić information content (AvgIpc) is 3.07. The number of urea groups is 1. The lowest BCUT2D eigenvalue weighted by Crippen LogP contribution is -2.48. The molecule has 13 heteroatoms. The molecule has 0 unspecified atom stereocenters. The smallest absolute Gasteiger partial charge is 0.323 e. The van der Waals surface area contributed by atoms with Crippen LogP contribution in [0.25, 0.3) is 0 Å². The van der Waals surface area contributed by atoms with Crippen molar-refractivity contribution in [1.82, 2.24) is 9.21 Å². The summed E-state index contributed by atoms with van der Waals surface area (Å²) in [6.07, 6.45) is 1.36. The highest BCUT2D eigenvalue weighted by Gasteiger charge is 2.32. The van der Waals surface area contributed by atoms with E-state index in [2.05, 4.69) is 10.6 Å². The minimum atomic E-state index is -3.81. The average molecular weight is 699 g/mol. The van der Waals surface area contributed by atoms with E-state index < -0.39 is 39.9 Å². The summed E-state index contributed by atoms with van der Waals surface area (Å²) in [6, 6.07) is 15.6. The fourth-order valence-corrected chi connectivity index (χ4v) is 6.71. The van der Waals surface area contributed by atoms with Crippen LogP contribution in [0.15, 0.2) is 71.6 Å². The molecule has 266 valence electrons. The Labute approximate surface area is 288 Å². The number of hydrogen-bond acceptors (Lipinski definition) is 7. The molecule has 0 radical (unpaired) electrons. The number of carbonyl (C=O) groups excluding carboxylic acids is 2. The van der Waals surface area contributed by atoms with Gasteiger partial charge in [0.25, 0.3) is 5.91 Å². The molecule has 1 heterocycles. The molecule has 1 aliphatic rings. The molecule has 0 aliphatic carbocycles. The summed E-state index contributed by atoms with van der Waals surface area (Å²) in [6.45, 7) is 7.68. The first-order valence-electron chi connectivity index (χ1n) is 16.5. The molecule has 0 saturated heterocycles. The van der Waals surface area contributed by atoms with E-state index in [1.807, 2.05) is 20.8 Å². The van der Waals surface area contributed by atoms with Crippen LogP contribution in [0, 0.1) is 18.7 Å². The zero-order chi connectivity index (χ0) is 35.7. The molecule has 4 rings (SSSR count). The van der Waals surface area contributed by atoms with Gasteiger partial charge >= 0.3 is 6.03 Å². The molecule has 0 bridgehead atoms. The van der Waals surface area contributed by atoms with Crippen molar-refractivity contribution < 1.29 is 37.0 Å². The van der Waals surface area contributed by atoms with Crippen LogP contribution in [0.4, 0.5) is 20.6 Å². The number of anilines is 2. The summed E-state index contributed by atoms with van der Waals surface area (Å²) in [5, 5.41) is 15.6. The summed E-state index contributed by atoms with van der Waals surface area (Å²) < 4.78 is 54.1. The number of carbonyl (C=O) groups is 2.